The van der Waals surface area contributed by atoms with Crippen molar-refractivity contribution in [2.24, 2.45) is 0 Å². The second kappa shape index (κ2) is 7.82. The Morgan fingerprint density at radius 2 is 1.80 bits per heavy atom. The minimum atomic E-state index is -0.290. The van der Waals surface area contributed by atoms with Crippen molar-refractivity contribution in [2.75, 3.05) is 10.6 Å². The first-order valence-corrected chi connectivity index (χ1v) is 9.29. The lowest BCUT2D eigenvalue weighted by Crippen LogP contribution is -2.14. The molecule has 0 atom stereocenters. The molecule has 0 unspecified atom stereocenters. The van der Waals surface area contributed by atoms with Gasteiger partial charge in [-0.1, -0.05) is 39.7 Å². The molecular formula is C18H12BrClN2O2S. The van der Waals surface area contributed by atoms with E-state index in [-0.39, 0.29) is 11.8 Å². The summed E-state index contributed by atoms with van der Waals surface area (Å²) in [7, 11) is 0. The fraction of sp³-hybridized carbons (Fsp3) is 0. The van der Waals surface area contributed by atoms with Crippen LogP contribution in [0.25, 0.3) is 0 Å². The van der Waals surface area contributed by atoms with Gasteiger partial charge in [0.25, 0.3) is 11.8 Å². The molecule has 2 N–H and O–H groups in total. The second-order valence-corrected chi connectivity index (χ2v) is 7.36. The Bertz CT molecular complexity index is 929. The number of anilines is 2. The van der Waals surface area contributed by atoms with Crippen LogP contribution >= 0.6 is 38.9 Å². The van der Waals surface area contributed by atoms with E-state index in [4.69, 9.17) is 11.6 Å². The number of rotatable bonds is 4. The van der Waals surface area contributed by atoms with Crippen LogP contribution in [-0.2, 0) is 0 Å². The Balaban J connectivity index is 1.78. The molecule has 1 aromatic heterocycles. The largest absolute Gasteiger partial charge is 0.322 e. The molecule has 0 aliphatic carbocycles. The van der Waals surface area contributed by atoms with Crippen molar-refractivity contribution in [2.45, 2.75) is 0 Å². The molecule has 0 saturated carbocycles. The van der Waals surface area contributed by atoms with Crippen LogP contribution in [0.3, 0.4) is 0 Å². The quantitative estimate of drug-likeness (QED) is 0.555. The van der Waals surface area contributed by atoms with Crippen molar-refractivity contribution < 1.29 is 9.59 Å². The number of thiophene rings is 1. The summed E-state index contributed by atoms with van der Waals surface area (Å²) in [6.45, 7) is 0. The predicted molar refractivity (Wildman–Crippen MR) is 106 cm³/mol. The molecule has 25 heavy (non-hydrogen) atoms. The van der Waals surface area contributed by atoms with Crippen LogP contribution in [0.4, 0.5) is 11.4 Å². The predicted octanol–water partition coefficient (Wildman–Crippen LogP) is 5.67. The molecule has 2 aromatic carbocycles. The molecule has 0 saturated heterocycles. The number of carbonyl (C=O) groups is 2. The molecule has 4 nitrogen and oxygen atoms in total. The van der Waals surface area contributed by atoms with E-state index in [1.807, 2.05) is 17.5 Å². The summed E-state index contributed by atoms with van der Waals surface area (Å²) in [5, 5.41) is 7.72. The van der Waals surface area contributed by atoms with E-state index in [2.05, 4.69) is 26.6 Å². The number of benzene rings is 2. The van der Waals surface area contributed by atoms with Crippen molar-refractivity contribution >= 4 is 62.1 Å². The number of halogens is 2. The Morgan fingerprint density at radius 1 is 0.960 bits per heavy atom. The van der Waals surface area contributed by atoms with Crippen LogP contribution in [0.5, 0.6) is 0 Å². The molecule has 0 spiro atoms. The van der Waals surface area contributed by atoms with Crippen molar-refractivity contribution in [1.29, 1.82) is 0 Å². The highest BCUT2D eigenvalue weighted by atomic mass is 79.9. The van der Waals surface area contributed by atoms with E-state index in [9.17, 15) is 9.59 Å². The minimum Gasteiger partial charge on any atom is -0.322 e. The molecular weight excluding hydrogens is 424 g/mol. The Kier molecular flexibility index (Phi) is 5.53. The first kappa shape index (κ1) is 17.7. The molecule has 0 bridgehead atoms. The molecule has 0 fully saturated rings. The monoisotopic (exact) mass is 434 g/mol. The Morgan fingerprint density at radius 3 is 2.52 bits per heavy atom. The smallest absolute Gasteiger partial charge is 0.265 e. The second-order valence-electron chi connectivity index (χ2n) is 5.09. The number of carbonyl (C=O) groups excluding carboxylic acids is 2. The molecule has 126 valence electrons. The average Bonchev–Trinajstić information content (AvgIpc) is 3.11. The standard InChI is InChI=1S/C18H12BrClN2O2S/c19-12-3-1-4-13(10-12)21-17(23)11-6-7-14(20)15(9-11)22-18(24)16-5-2-8-25-16/h1-10H,(H,21,23)(H,22,24). The third-order valence-corrected chi connectivity index (χ3v) is 5.00. The van der Waals surface area contributed by atoms with Crippen LogP contribution in [0.15, 0.2) is 64.5 Å². The van der Waals surface area contributed by atoms with E-state index in [0.717, 1.165) is 4.47 Å². The van der Waals surface area contributed by atoms with Gasteiger partial charge in [-0.2, -0.15) is 0 Å². The summed E-state index contributed by atoms with van der Waals surface area (Å²) < 4.78 is 0.866. The Hall–Kier alpha value is -2.15. The lowest BCUT2D eigenvalue weighted by atomic mass is 10.1. The summed E-state index contributed by atoms with van der Waals surface area (Å²) in [6.07, 6.45) is 0. The SMILES string of the molecule is O=C(Nc1cccc(Br)c1)c1ccc(Cl)c(NC(=O)c2cccs2)c1. The average molecular weight is 436 g/mol. The molecule has 3 aromatic rings. The maximum atomic E-state index is 12.4. The van der Waals surface area contributed by atoms with Crippen LogP contribution in [0.1, 0.15) is 20.0 Å². The fourth-order valence-electron chi connectivity index (χ4n) is 2.12. The van der Waals surface area contributed by atoms with Gasteiger partial charge in [0.2, 0.25) is 0 Å². The molecule has 3 rings (SSSR count). The molecule has 7 heteroatoms. The van der Waals surface area contributed by atoms with Gasteiger partial charge < -0.3 is 10.6 Å². The highest BCUT2D eigenvalue weighted by Gasteiger charge is 2.13. The zero-order chi connectivity index (χ0) is 17.8. The van der Waals surface area contributed by atoms with Crippen molar-refractivity contribution in [3.8, 4) is 0 Å². The van der Waals surface area contributed by atoms with E-state index in [0.29, 0.717) is 26.8 Å². The fourth-order valence-corrected chi connectivity index (χ4v) is 3.31. The summed E-state index contributed by atoms with van der Waals surface area (Å²) in [6, 6.07) is 15.6. The van der Waals surface area contributed by atoms with Gasteiger partial charge in [-0.15, -0.1) is 11.3 Å². The third kappa shape index (κ3) is 4.48. The van der Waals surface area contributed by atoms with Crippen molar-refractivity contribution in [3.63, 3.8) is 0 Å². The number of hydrogen-bond donors (Lipinski definition) is 2. The van der Waals surface area contributed by atoms with Gasteiger partial charge in [0.1, 0.15) is 0 Å². The third-order valence-electron chi connectivity index (χ3n) is 3.30. The molecule has 0 aliphatic rings. The molecule has 0 radical (unpaired) electrons. The van der Waals surface area contributed by atoms with Crippen LogP contribution < -0.4 is 10.6 Å². The topological polar surface area (TPSA) is 58.2 Å². The van der Waals surface area contributed by atoms with Crippen molar-refractivity contribution in [3.05, 3.63) is 79.9 Å². The summed E-state index contributed by atoms with van der Waals surface area (Å²) >= 11 is 10.8. The highest BCUT2D eigenvalue weighted by molar-refractivity contribution is 9.10. The summed E-state index contributed by atoms with van der Waals surface area (Å²) in [4.78, 5) is 25.2. The van der Waals surface area contributed by atoms with Gasteiger partial charge >= 0.3 is 0 Å². The maximum Gasteiger partial charge on any atom is 0.265 e. The van der Waals surface area contributed by atoms with E-state index < -0.39 is 0 Å². The minimum absolute atomic E-state index is 0.263. The molecule has 1 heterocycles. The van der Waals surface area contributed by atoms with Gasteiger partial charge in [-0.3, -0.25) is 9.59 Å². The number of nitrogens with one attached hydrogen (secondary N) is 2. The van der Waals surface area contributed by atoms with Crippen LogP contribution in [0.2, 0.25) is 5.02 Å². The highest BCUT2D eigenvalue weighted by Crippen LogP contribution is 2.25. The van der Waals surface area contributed by atoms with Crippen LogP contribution in [0, 0.1) is 0 Å². The lowest BCUT2D eigenvalue weighted by molar-refractivity contribution is 0.101. The van der Waals surface area contributed by atoms with Gasteiger partial charge in [-0.25, -0.2) is 0 Å². The lowest BCUT2D eigenvalue weighted by Gasteiger charge is -2.10. The zero-order valence-electron chi connectivity index (χ0n) is 12.8. The van der Waals surface area contributed by atoms with E-state index in [1.54, 1.807) is 42.5 Å². The van der Waals surface area contributed by atoms with Gasteiger partial charge in [-0.05, 0) is 47.8 Å². The van der Waals surface area contributed by atoms with Crippen molar-refractivity contribution in [1.82, 2.24) is 0 Å². The molecule has 2 amide bonds. The van der Waals surface area contributed by atoms with E-state index >= 15 is 0 Å². The van der Waals surface area contributed by atoms with Gasteiger partial charge in [0.05, 0.1) is 15.6 Å². The van der Waals surface area contributed by atoms with Gasteiger partial charge in [0, 0.05) is 15.7 Å². The first-order valence-electron chi connectivity index (χ1n) is 7.24. The van der Waals surface area contributed by atoms with Gasteiger partial charge in [0.15, 0.2) is 0 Å². The summed E-state index contributed by atoms with van der Waals surface area (Å²) in [5.41, 5.74) is 1.45. The Labute approximate surface area is 162 Å². The number of hydrogen-bond acceptors (Lipinski definition) is 3. The normalized spacial score (nSPS) is 10.3. The van der Waals surface area contributed by atoms with E-state index in [1.165, 1.54) is 11.3 Å². The molecule has 0 aliphatic heterocycles. The summed E-state index contributed by atoms with van der Waals surface area (Å²) in [5.74, 6) is -0.553. The van der Waals surface area contributed by atoms with Crippen LogP contribution in [-0.4, -0.2) is 11.8 Å². The first-order chi connectivity index (χ1) is 12.0. The maximum absolute atomic E-state index is 12.4. The zero-order valence-corrected chi connectivity index (χ0v) is 15.9. The number of amides is 2.